The fraction of sp³-hybridized carbons (Fsp3) is 0.818. The van der Waals surface area contributed by atoms with Crippen LogP contribution in [0, 0.1) is 34.5 Å². The Labute approximate surface area is 156 Å². The van der Waals surface area contributed by atoms with Crippen molar-refractivity contribution in [2.75, 3.05) is 6.61 Å². The zero-order valence-electron chi connectivity index (χ0n) is 16.3. The van der Waals surface area contributed by atoms with Gasteiger partial charge in [0.2, 0.25) is 0 Å². The van der Waals surface area contributed by atoms with Crippen molar-refractivity contribution in [2.45, 2.75) is 71.3 Å². The highest BCUT2D eigenvalue weighted by Gasteiger charge is 2.67. The Kier molecular flexibility index (Phi) is 4.06. The molecule has 0 bridgehead atoms. The summed E-state index contributed by atoms with van der Waals surface area (Å²) in [7, 11) is 0. The van der Waals surface area contributed by atoms with E-state index < -0.39 is 23.4 Å². The van der Waals surface area contributed by atoms with Crippen molar-refractivity contribution in [2.24, 2.45) is 34.5 Å². The van der Waals surface area contributed by atoms with E-state index in [0.717, 1.165) is 25.7 Å². The van der Waals surface area contributed by atoms with Crippen molar-refractivity contribution in [3.05, 3.63) is 11.6 Å². The van der Waals surface area contributed by atoms with Crippen LogP contribution in [0.1, 0.15) is 65.7 Å². The number of carbonyl (C=O) groups excluding carboxylic acids is 2. The Morgan fingerprint density at radius 2 is 2.04 bits per heavy atom. The van der Waals surface area contributed by atoms with Gasteiger partial charge in [-0.25, -0.2) is 0 Å². The minimum atomic E-state index is -1.44. The Balaban J connectivity index is 1.74. The Hall–Kier alpha value is -1.00. The highest BCUT2D eigenvalue weighted by Crippen LogP contribution is 2.67. The fourth-order valence-electron chi connectivity index (χ4n) is 7.38. The van der Waals surface area contributed by atoms with E-state index in [1.807, 2.05) is 6.92 Å². The maximum atomic E-state index is 12.5. The molecule has 4 heteroatoms. The molecule has 3 saturated carbocycles. The molecule has 0 aromatic rings. The predicted molar refractivity (Wildman–Crippen MR) is 98.3 cm³/mol. The lowest BCUT2D eigenvalue weighted by molar-refractivity contribution is -0.162. The second kappa shape index (κ2) is 5.75. The molecule has 0 amide bonds. The number of aliphatic hydroxyl groups is 2. The van der Waals surface area contributed by atoms with E-state index in [1.165, 1.54) is 5.57 Å². The number of hydrogen-bond donors (Lipinski definition) is 2. The molecule has 144 valence electrons. The quantitative estimate of drug-likeness (QED) is 0.742. The Morgan fingerprint density at radius 3 is 2.73 bits per heavy atom. The zero-order valence-corrected chi connectivity index (χ0v) is 16.3. The number of fused-ring (bicyclic) bond motifs is 5. The summed E-state index contributed by atoms with van der Waals surface area (Å²) in [6.45, 7) is 5.77. The molecule has 4 aliphatic carbocycles. The van der Waals surface area contributed by atoms with Crippen LogP contribution in [0.4, 0.5) is 0 Å². The Morgan fingerprint density at radius 1 is 1.31 bits per heavy atom. The standard InChI is InChI=1S/C22H32O4/c1-13-10-18-16-5-4-14-11-15(24)6-8-20(14,2)17(16)7-9-21(18,3)22(13,26)19(25)12-23/h7,13-14,16,18,23,26H,4-6,8-12H2,1-3H3/t13?,14?,16-,18+,20+,21+,22+/m1/s1. The van der Waals surface area contributed by atoms with E-state index in [0.29, 0.717) is 36.9 Å². The van der Waals surface area contributed by atoms with E-state index in [9.17, 15) is 19.8 Å². The molecule has 4 nitrogen and oxygen atoms in total. The summed E-state index contributed by atoms with van der Waals surface area (Å²) < 4.78 is 0. The first-order valence-corrected chi connectivity index (χ1v) is 10.3. The van der Waals surface area contributed by atoms with E-state index in [4.69, 9.17) is 0 Å². The average molecular weight is 360 g/mol. The van der Waals surface area contributed by atoms with Crippen LogP contribution in [0.2, 0.25) is 0 Å². The second-order valence-corrected chi connectivity index (χ2v) is 9.91. The van der Waals surface area contributed by atoms with Crippen molar-refractivity contribution >= 4 is 11.6 Å². The van der Waals surface area contributed by atoms with Gasteiger partial charge in [0.05, 0.1) is 0 Å². The second-order valence-electron chi connectivity index (χ2n) is 9.91. The molecule has 0 aliphatic heterocycles. The lowest BCUT2D eigenvalue weighted by Gasteiger charge is -2.56. The minimum Gasteiger partial charge on any atom is -0.388 e. The van der Waals surface area contributed by atoms with Crippen LogP contribution < -0.4 is 0 Å². The number of ketones is 2. The van der Waals surface area contributed by atoms with Gasteiger partial charge in [-0.1, -0.05) is 32.4 Å². The maximum absolute atomic E-state index is 12.5. The summed E-state index contributed by atoms with van der Waals surface area (Å²) in [6.07, 6.45) is 8.28. The van der Waals surface area contributed by atoms with Crippen LogP contribution >= 0.6 is 0 Å². The molecule has 2 N–H and O–H groups in total. The SMILES string of the molecule is CC1C[C@H]2[C@@H]3CCC4CC(=O)CC[C@]4(C)C3=CC[C@]2(C)[C@@]1(O)C(=O)CO. The van der Waals surface area contributed by atoms with Crippen LogP contribution in [-0.2, 0) is 9.59 Å². The third kappa shape index (κ3) is 2.09. The molecule has 4 aliphatic rings. The summed E-state index contributed by atoms with van der Waals surface area (Å²) in [5, 5.41) is 20.9. The van der Waals surface area contributed by atoms with Gasteiger partial charge in [-0.2, -0.15) is 0 Å². The molecular formula is C22H32O4. The maximum Gasteiger partial charge on any atom is 0.190 e. The molecule has 0 spiro atoms. The Bertz CT molecular complexity index is 682. The van der Waals surface area contributed by atoms with E-state index in [-0.39, 0.29) is 17.3 Å². The smallest absolute Gasteiger partial charge is 0.190 e. The first-order chi connectivity index (χ1) is 12.2. The topological polar surface area (TPSA) is 74.6 Å². The molecule has 7 atom stereocenters. The van der Waals surface area contributed by atoms with Crippen LogP contribution in [-0.4, -0.2) is 34.0 Å². The molecular weight excluding hydrogens is 328 g/mol. The molecule has 0 radical (unpaired) electrons. The van der Waals surface area contributed by atoms with Gasteiger partial charge < -0.3 is 10.2 Å². The third-order valence-electron chi connectivity index (χ3n) is 8.99. The van der Waals surface area contributed by atoms with Gasteiger partial charge in [-0.15, -0.1) is 0 Å². The van der Waals surface area contributed by atoms with Crippen LogP contribution in [0.5, 0.6) is 0 Å². The van der Waals surface area contributed by atoms with Gasteiger partial charge in [0, 0.05) is 18.3 Å². The van der Waals surface area contributed by atoms with Gasteiger partial charge in [-0.3, -0.25) is 9.59 Å². The number of Topliss-reactive ketones (excluding diaryl/α,β-unsaturated/α-hetero) is 2. The van der Waals surface area contributed by atoms with Crippen LogP contribution in [0.3, 0.4) is 0 Å². The van der Waals surface area contributed by atoms with Crippen molar-refractivity contribution in [1.29, 1.82) is 0 Å². The van der Waals surface area contributed by atoms with E-state index in [2.05, 4.69) is 19.9 Å². The number of aliphatic hydroxyl groups excluding tert-OH is 1. The molecule has 0 aromatic heterocycles. The molecule has 0 aromatic carbocycles. The molecule has 0 saturated heterocycles. The molecule has 0 heterocycles. The zero-order chi connectivity index (χ0) is 18.9. The minimum absolute atomic E-state index is 0.100. The van der Waals surface area contributed by atoms with Crippen molar-refractivity contribution in [3.8, 4) is 0 Å². The fourth-order valence-corrected chi connectivity index (χ4v) is 7.38. The first-order valence-electron chi connectivity index (χ1n) is 10.3. The third-order valence-corrected chi connectivity index (χ3v) is 8.99. The van der Waals surface area contributed by atoms with Gasteiger partial charge in [-0.05, 0) is 61.2 Å². The van der Waals surface area contributed by atoms with Gasteiger partial charge >= 0.3 is 0 Å². The lowest BCUT2D eigenvalue weighted by Crippen LogP contribution is -2.58. The summed E-state index contributed by atoms with van der Waals surface area (Å²) in [5.74, 6) is 0.968. The average Bonchev–Trinajstić information content (AvgIpc) is 2.83. The highest BCUT2D eigenvalue weighted by atomic mass is 16.3. The molecule has 26 heavy (non-hydrogen) atoms. The monoisotopic (exact) mass is 360 g/mol. The van der Waals surface area contributed by atoms with Crippen molar-refractivity contribution in [1.82, 2.24) is 0 Å². The largest absolute Gasteiger partial charge is 0.388 e. The number of allylic oxidation sites excluding steroid dienone is 2. The number of rotatable bonds is 2. The molecule has 4 rings (SSSR count). The first kappa shape index (κ1) is 18.4. The number of carbonyl (C=O) groups is 2. The van der Waals surface area contributed by atoms with Crippen molar-refractivity contribution < 1.29 is 19.8 Å². The highest BCUT2D eigenvalue weighted by molar-refractivity contribution is 5.90. The van der Waals surface area contributed by atoms with Crippen LogP contribution in [0.15, 0.2) is 11.6 Å². The van der Waals surface area contributed by atoms with Crippen molar-refractivity contribution in [3.63, 3.8) is 0 Å². The lowest BCUT2D eigenvalue weighted by atomic mass is 9.48. The van der Waals surface area contributed by atoms with Gasteiger partial charge in [0.25, 0.3) is 0 Å². The van der Waals surface area contributed by atoms with Gasteiger partial charge in [0.1, 0.15) is 18.0 Å². The summed E-state index contributed by atoms with van der Waals surface area (Å²) in [6, 6.07) is 0. The molecule has 2 unspecified atom stereocenters. The predicted octanol–water partition coefficient (Wildman–Crippen LogP) is 3.06. The normalized spacial score (nSPS) is 50.5. The number of hydrogen-bond acceptors (Lipinski definition) is 4. The molecule has 3 fully saturated rings. The summed E-state index contributed by atoms with van der Waals surface area (Å²) in [4.78, 5) is 24.5. The van der Waals surface area contributed by atoms with Gasteiger partial charge in [0.15, 0.2) is 5.78 Å². The summed E-state index contributed by atoms with van der Waals surface area (Å²) in [5.41, 5.74) is -0.344. The van der Waals surface area contributed by atoms with Crippen LogP contribution in [0.25, 0.3) is 0 Å². The van der Waals surface area contributed by atoms with E-state index >= 15 is 0 Å². The van der Waals surface area contributed by atoms with E-state index in [1.54, 1.807) is 0 Å². The summed E-state index contributed by atoms with van der Waals surface area (Å²) >= 11 is 0.